The minimum atomic E-state index is -4.71. The second-order valence-corrected chi connectivity index (χ2v) is 10.1. The molecule has 2 fully saturated rings. The van der Waals surface area contributed by atoms with Crippen LogP contribution in [0.25, 0.3) is 0 Å². The highest BCUT2D eigenvalue weighted by molar-refractivity contribution is 5.75. The molecular weight excluding hydrogens is 533 g/mol. The van der Waals surface area contributed by atoms with E-state index in [1.807, 2.05) is 0 Å². The highest BCUT2D eigenvalue weighted by Crippen LogP contribution is 2.39. The van der Waals surface area contributed by atoms with Crippen LogP contribution in [-0.2, 0) is 34.7 Å². The normalized spacial score (nSPS) is 23.2. The van der Waals surface area contributed by atoms with Gasteiger partial charge in [0.2, 0.25) is 0 Å². The zero-order chi connectivity index (χ0) is 29.1. The molecule has 2 saturated carbocycles. The second kappa shape index (κ2) is 15.3. The van der Waals surface area contributed by atoms with E-state index in [0.717, 1.165) is 25.0 Å². The maximum atomic E-state index is 13.8. The van der Waals surface area contributed by atoms with Gasteiger partial charge in [0.05, 0.1) is 35.7 Å². The van der Waals surface area contributed by atoms with Crippen molar-refractivity contribution in [2.24, 2.45) is 5.92 Å². The van der Waals surface area contributed by atoms with Gasteiger partial charge in [-0.1, -0.05) is 13.2 Å². The predicted octanol–water partition coefficient (Wildman–Crippen LogP) is 6.88. The number of hydrogen-bond donors (Lipinski definition) is 0. The first kappa shape index (κ1) is 31.8. The van der Waals surface area contributed by atoms with E-state index in [-0.39, 0.29) is 44.4 Å². The fourth-order valence-corrected chi connectivity index (χ4v) is 4.61. The van der Waals surface area contributed by atoms with Gasteiger partial charge in [0, 0.05) is 0 Å². The molecule has 0 atom stereocenters. The van der Waals surface area contributed by atoms with Crippen molar-refractivity contribution in [1.29, 1.82) is 0 Å². The monoisotopic (exact) mass is 572 g/mol. The molecule has 0 aliphatic heterocycles. The number of alkyl halides is 3. The molecular formula is C29H39F3O8. The topological polar surface area (TPSA) is 81.7 Å². The van der Waals surface area contributed by atoms with E-state index in [4.69, 9.17) is 33.2 Å². The first-order valence-electron chi connectivity index (χ1n) is 13.5. The van der Waals surface area contributed by atoms with E-state index in [2.05, 4.69) is 13.2 Å². The van der Waals surface area contributed by atoms with Crippen LogP contribution in [0.2, 0.25) is 0 Å². The summed E-state index contributed by atoms with van der Waals surface area (Å²) in [6.07, 6.45) is 0.283. The highest BCUT2D eigenvalue weighted by atomic mass is 19.4. The molecule has 3 rings (SSSR count). The molecule has 0 saturated heterocycles. The maximum absolute atomic E-state index is 13.8. The number of ether oxygens (including phenoxy) is 7. The Balaban J connectivity index is 1.45. The molecule has 40 heavy (non-hydrogen) atoms. The molecule has 0 heterocycles. The van der Waals surface area contributed by atoms with E-state index in [9.17, 15) is 18.0 Å². The van der Waals surface area contributed by atoms with E-state index >= 15 is 0 Å². The Bertz CT molecular complexity index is 980. The molecule has 11 heteroatoms. The third kappa shape index (κ3) is 10.7. The van der Waals surface area contributed by atoms with Gasteiger partial charge in [-0.05, 0) is 83.4 Å². The van der Waals surface area contributed by atoms with Crippen molar-refractivity contribution < 1.29 is 51.1 Å². The highest BCUT2D eigenvalue weighted by Gasteiger charge is 2.36. The number of rotatable bonds is 14. The summed E-state index contributed by atoms with van der Waals surface area (Å²) in [5, 5.41) is 0. The van der Waals surface area contributed by atoms with E-state index in [1.54, 1.807) is 13.8 Å². The van der Waals surface area contributed by atoms with Gasteiger partial charge in [0.1, 0.15) is 17.1 Å². The van der Waals surface area contributed by atoms with Crippen LogP contribution < -0.4 is 9.47 Å². The maximum Gasteiger partial charge on any atom is 0.420 e. The van der Waals surface area contributed by atoms with Gasteiger partial charge in [-0.25, -0.2) is 0 Å². The van der Waals surface area contributed by atoms with Crippen LogP contribution >= 0.6 is 0 Å². The number of carbonyl (C=O) groups excluding carboxylic acids is 1. The Kier molecular flexibility index (Phi) is 12.1. The summed E-state index contributed by atoms with van der Waals surface area (Å²) in [6, 6.07) is 3.22. The average Bonchev–Trinajstić information content (AvgIpc) is 2.89. The van der Waals surface area contributed by atoms with E-state index < -0.39 is 29.4 Å². The fraction of sp³-hybridized carbons (Fsp3) is 0.621. The summed E-state index contributed by atoms with van der Waals surface area (Å²) in [5.41, 5.74) is -1.04. The minimum Gasteiger partial charge on any atom is -0.473 e. The quantitative estimate of drug-likeness (QED) is 0.103. The van der Waals surface area contributed by atoms with Crippen molar-refractivity contribution in [3.63, 3.8) is 0 Å². The Hall–Kier alpha value is -2.76. The third-order valence-corrected chi connectivity index (χ3v) is 6.84. The molecule has 0 radical (unpaired) electrons. The Morgan fingerprint density at radius 2 is 1.27 bits per heavy atom. The van der Waals surface area contributed by atoms with Crippen LogP contribution in [0.15, 0.2) is 42.9 Å². The lowest BCUT2D eigenvalue weighted by Crippen LogP contribution is -2.29. The smallest absolute Gasteiger partial charge is 0.420 e. The first-order valence-corrected chi connectivity index (χ1v) is 13.5. The van der Waals surface area contributed by atoms with Crippen LogP contribution in [0.4, 0.5) is 13.2 Å². The molecule has 0 aromatic heterocycles. The molecule has 0 unspecified atom stereocenters. The number of halogens is 3. The van der Waals surface area contributed by atoms with Crippen LogP contribution in [0.3, 0.4) is 0 Å². The van der Waals surface area contributed by atoms with Gasteiger partial charge in [-0.3, -0.25) is 4.79 Å². The summed E-state index contributed by atoms with van der Waals surface area (Å²) < 4.78 is 79.3. The molecule has 2 aliphatic carbocycles. The summed E-state index contributed by atoms with van der Waals surface area (Å²) in [6.45, 7) is 10.6. The number of hydrogen-bond acceptors (Lipinski definition) is 8. The lowest BCUT2D eigenvalue weighted by Gasteiger charge is -2.28. The Morgan fingerprint density at radius 1 is 0.800 bits per heavy atom. The van der Waals surface area contributed by atoms with Gasteiger partial charge >= 0.3 is 12.1 Å². The van der Waals surface area contributed by atoms with Crippen LogP contribution in [0.5, 0.6) is 11.5 Å². The van der Waals surface area contributed by atoms with Gasteiger partial charge in [0.25, 0.3) is 0 Å². The largest absolute Gasteiger partial charge is 0.473 e. The average molecular weight is 573 g/mol. The number of benzene rings is 1. The summed E-state index contributed by atoms with van der Waals surface area (Å²) in [7, 11) is 0. The van der Waals surface area contributed by atoms with Crippen LogP contribution in [0.1, 0.15) is 70.8 Å². The van der Waals surface area contributed by atoms with Gasteiger partial charge in [0.15, 0.2) is 20.4 Å². The third-order valence-electron chi connectivity index (χ3n) is 6.84. The molecule has 0 amide bonds. The zero-order valence-electron chi connectivity index (χ0n) is 23.1. The summed E-state index contributed by atoms with van der Waals surface area (Å²) >= 11 is 0. The number of allylic oxidation sites excluding steroid dienone is 2. The lowest BCUT2D eigenvalue weighted by molar-refractivity contribution is -0.144. The zero-order valence-corrected chi connectivity index (χ0v) is 23.1. The number of esters is 1. The Labute approximate surface area is 233 Å². The SMILES string of the molecule is C=C(C)OCOC1CCC(OCOc2ccc(OC(=O)C3CCC(OCOC(=C)C)CC3)cc2C(F)(F)F)CC1. The van der Waals surface area contributed by atoms with Crippen molar-refractivity contribution >= 4 is 5.97 Å². The van der Waals surface area contributed by atoms with Gasteiger partial charge in [-0.15, -0.1) is 0 Å². The van der Waals surface area contributed by atoms with Gasteiger partial charge < -0.3 is 33.2 Å². The van der Waals surface area contributed by atoms with Crippen molar-refractivity contribution in [2.45, 2.75) is 89.7 Å². The molecule has 2 aliphatic rings. The van der Waals surface area contributed by atoms with Crippen LogP contribution in [-0.4, -0.2) is 44.7 Å². The molecule has 8 nitrogen and oxygen atoms in total. The molecule has 1 aromatic carbocycles. The molecule has 224 valence electrons. The van der Waals surface area contributed by atoms with E-state index in [1.165, 1.54) is 6.07 Å². The van der Waals surface area contributed by atoms with Crippen molar-refractivity contribution in [2.75, 3.05) is 20.4 Å². The summed E-state index contributed by atoms with van der Waals surface area (Å²) in [4.78, 5) is 12.6. The predicted molar refractivity (Wildman–Crippen MR) is 139 cm³/mol. The van der Waals surface area contributed by atoms with Crippen molar-refractivity contribution in [3.8, 4) is 11.5 Å². The Morgan fingerprint density at radius 3 is 1.75 bits per heavy atom. The lowest BCUT2D eigenvalue weighted by atomic mass is 9.87. The standard InChI is InChI=1S/C29H39F3O8/c1-19(2)34-16-36-22-7-5-21(6-8-22)28(33)40-25-13-14-27(26(15-25)29(30,31)32)39-18-38-24-11-9-23(10-12-24)37-17-35-20(3)4/h13-15,21-24H,1,3,5-12,16-18H2,2,4H3. The van der Waals surface area contributed by atoms with Crippen molar-refractivity contribution in [1.82, 2.24) is 0 Å². The first-order chi connectivity index (χ1) is 19.0. The van der Waals surface area contributed by atoms with Gasteiger partial charge in [-0.2, -0.15) is 13.2 Å². The minimum absolute atomic E-state index is 0.0387. The number of carbonyl (C=O) groups is 1. The van der Waals surface area contributed by atoms with E-state index in [0.29, 0.717) is 50.0 Å². The molecule has 0 N–H and O–H groups in total. The molecule has 1 aromatic rings. The molecule has 0 bridgehead atoms. The summed E-state index contributed by atoms with van der Waals surface area (Å²) in [5.74, 6) is -0.432. The molecule has 0 spiro atoms. The van der Waals surface area contributed by atoms with Crippen LogP contribution in [0, 0.1) is 5.92 Å². The fourth-order valence-electron chi connectivity index (χ4n) is 4.61. The van der Waals surface area contributed by atoms with Crippen molar-refractivity contribution in [3.05, 3.63) is 48.4 Å². The second-order valence-electron chi connectivity index (χ2n) is 10.1.